The van der Waals surface area contributed by atoms with Crippen molar-refractivity contribution in [3.63, 3.8) is 0 Å². The lowest BCUT2D eigenvalue weighted by molar-refractivity contribution is 0.635. The van der Waals surface area contributed by atoms with Crippen LogP contribution in [0.4, 0.5) is 4.39 Å². The second-order valence-corrected chi connectivity index (χ2v) is 3.27. The molecule has 0 radical (unpaired) electrons. The third kappa shape index (κ3) is 1.39. The Morgan fingerprint density at radius 2 is 1.92 bits per heavy atom. The Hall–Kier alpha value is -1.44. The number of benzene rings is 1. The Morgan fingerprint density at radius 1 is 1.15 bits per heavy atom. The van der Waals surface area contributed by atoms with Crippen LogP contribution in [0.2, 0.25) is 0 Å². The number of aryl methyl sites for hydroxylation is 2. The summed E-state index contributed by atoms with van der Waals surface area (Å²) >= 11 is 0. The summed E-state index contributed by atoms with van der Waals surface area (Å²) in [5, 5.41) is 0.864. The topological polar surface area (TPSA) is 12.9 Å². The molecule has 2 aromatic rings. The highest BCUT2D eigenvalue weighted by Gasteiger charge is 2.02. The summed E-state index contributed by atoms with van der Waals surface area (Å²) in [7, 11) is 0. The maximum Gasteiger partial charge on any atom is 0.149 e. The zero-order valence-electron chi connectivity index (χ0n) is 7.63. The average Bonchev–Trinajstić information content (AvgIpc) is 2.06. The molecular weight excluding hydrogens is 165 g/mol. The lowest BCUT2D eigenvalue weighted by Gasteiger charge is -2.01. The summed E-state index contributed by atoms with van der Waals surface area (Å²) < 4.78 is 13.4. The van der Waals surface area contributed by atoms with E-state index in [2.05, 4.69) is 4.98 Å². The van der Waals surface area contributed by atoms with Gasteiger partial charge in [0.1, 0.15) is 11.3 Å². The van der Waals surface area contributed by atoms with Gasteiger partial charge in [0.25, 0.3) is 0 Å². The molecule has 0 aliphatic rings. The molecule has 0 aliphatic heterocycles. The van der Waals surface area contributed by atoms with E-state index in [4.69, 9.17) is 0 Å². The van der Waals surface area contributed by atoms with Crippen LogP contribution >= 0.6 is 0 Å². The molecule has 1 nitrogen and oxygen atoms in total. The lowest BCUT2D eigenvalue weighted by Crippen LogP contribution is -1.88. The third-order valence-electron chi connectivity index (χ3n) is 2.03. The minimum atomic E-state index is -0.237. The van der Waals surface area contributed by atoms with Crippen molar-refractivity contribution in [2.75, 3.05) is 0 Å². The molecule has 0 unspecified atom stereocenters. The summed E-state index contributed by atoms with van der Waals surface area (Å²) in [4.78, 5) is 4.14. The second kappa shape index (κ2) is 2.80. The van der Waals surface area contributed by atoms with Gasteiger partial charge in [-0.2, -0.15) is 0 Å². The quantitative estimate of drug-likeness (QED) is 0.599. The molecule has 13 heavy (non-hydrogen) atoms. The first-order valence-corrected chi connectivity index (χ1v) is 4.20. The van der Waals surface area contributed by atoms with Crippen LogP contribution in [0.15, 0.2) is 24.3 Å². The molecule has 0 atom stereocenters. The van der Waals surface area contributed by atoms with Crippen molar-refractivity contribution < 1.29 is 4.39 Å². The zero-order chi connectivity index (χ0) is 9.42. The number of nitrogens with zero attached hydrogens (tertiary/aromatic N) is 1. The van der Waals surface area contributed by atoms with E-state index in [9.17, 15) is 4.39 Å². The minimum absolute atomic E-state index is 0.237. The highest BCUT2D eigenvalue weighted by atomic mass is 19.1. The Balaban J connectivity index is 2.87. The van der Waals surface area contributed by atoms with E-state index >= 15 is 0 Å². The molecular formula is C11H10FN. The molecule has 0 N–H and O–H groups in total. The van der Waals surface area contributed by atoms with Crippen LogP contribution in [-0.2, 0) is 0 Å². The van der Waals surface area contributed by atoms with Gasteiger partial charge >= 0.3 is 0 Å². The van der Waals surface area contributed by atoms with E-state index in [1.165, 1.54) is 6.07 Å². The Kier molecular flexibility index (Phi) is 1.76. The van der Waals surface area contributed by atoms with Gasteiger partial charge in [-0.05, 0) is 37.6 Å². The molecule has 0 amide bonds. The fourth-order valence-electron chi connectivity index (χ4n) is 1.43. The maximum absolute atomic E-state index is 13.4. The first kappa shape index (κ1) is 8.17. The van der Waals surface area contributed by atoms with Crippen molar-refractivity contribution in [2.45, 2.75) is 13.8 Å². The molecule has 1 aromatic carbocycles. The molecule has 0 aliphatic carbocycles. The molecule has 2 heteroatoms. The molecule has 0 bridgehead atoms. The van der Waals surface area contributed by atoms with Crippen molar-refractivity contribution in [3.05, 3.63) is 41.3 Å². The normalized spacial score (nSPS) is 10.7. The minimum Gasteiger partial charge on any atom is -0.250 e. The zero-order valence-corrected chi connectivity index (χ0v) is 7.63. The van der Waals surface area contributed by atoms with Crippen LogP contribution in [-0.4, -0.2) is 4.98 Å². The summed E-state index contributed by atoms with van der Waals surface area (Å²) in [5.74, 6) is -0.237. The molecule has 66 valence electrons. The molecule has 0 saturated carbocycles. The van der Waals surface area contributed by atoms with Crippen LogP contribution < -0.4 is 0 Å². The van der Waals surface area contributed by atoms with Gasteiger partial charge < -0.3 is 0 Å². The number of pyridine rings is 1. The highest BCUT2D eigenvalue weighted by Crippen LogP contribution is 2.17. The molecule has 0 fully saturated rings. The van der Waals surface area contributed by atoms with Gasteiger partial charge in [0.05, 0.1) is 0 Å². The van der Waals surface area contributed by atoms with Crippen molar-refractivity contribution in [1.82, 2.24) is 4.98 Å². The summed E-state index contributed by atoms with van der Waals surface area (Å²) in [6, 6.07) is 7.23. The third-order valence-corrected chi connectivity index (χ3v) is 2.03. The number of rotatable bonds is 0. The van der Waals surface area contributed by atoms with Gasteiger partial charge in [0.15, 0.2) is 0 Å². The summed E-state index contributed by atoms with van der Waals surface area (Å²) in [6.45, 7) is 3.74. The van der Waals surface area contributed by atoms with Gasteiger partial charge in [0, 0.05) is 11.1 Å². The molecule has 2 rings (SSSR count). The first-order valence-electron chi connectivity index (χ1n) is 4.20. The molecule has 1 aromatic heterocycles. The van der Waals surface area contributed by atoms with E-state index in [1.807, 2.05) is 32.0 Å². The van der Waals surface area contributed by atoms with Crippen LogP contribution in [0.3, 0.4) is 0 Å². The lowest BCUT2D eigenvalue weighted by atomic mass is 10.1. The number of halogens is 1. The summed E-state index contributed by atoms with van der Waals surface area (Å²) in [5.41, 5.74) is 2.23. The second-order valence-electron chi connectivity index (χ2n) is 3.27. The predicted octanol–water partition coefficient (Wildman–Crippen LogP) is 2.99. The smallest absolute Gasteiger partial charge is 0.149 e. The molecule has 1 heterocycles. The van der Waals surface area contributed by atoms with E-state index in [1.54, 1.807) is 0 Å². The van der Waals surface area contributed by atoms with Crippen LogP contribution in [0, 0.1) is 19.7 Å². The van der Waals surface area contributed by atoms with Gasteiger partial charge in [-0.25, -0.2) is 4.39 Å². The van der Waals surface area contributed by atoms with Crippen LogP contribution in [0.25, 0.3) is 10.9 Å². The largest absolute Gasteiger partial charge is 0.250 e. The van der Waals surface area contributed by atoms with Gasteiger partial charge in [-0.1, -0.05) is 6.07 Å². The van der Waals surface area contributed by atoms with Gasteiger partial charge in [-0.15, -0.1) is 0 Å². The highest BCUT2D eigenvalue weighted by molar-refractivity contribution is 5.79. The maximum atomic E-state index is 13.4. The van der Waals surface area contributed by atoms with Crippen molar-refractivity contribution >= 4 is 10.9 Å². The molecule has 0 saturated heterocycles. The standard InChI is InChI=1S/C11H10FN/c1-7-5-9-4-3-8(2)13-11(9)10(12)6-7/h3-6H,1-2H3. The SMILES string of the molecule is Cc1cc(F)c2nc(C)ccc2c1. The van der Waals surface area contributed by atoms with Crippen LogP contribution in [0.5, 0.6) is 0 Å². The number of aromatic nitrogens is 1. The monoisotopic (exact) mass is 175 g/mol. The number of hydrogen-bond donors (Lipinski definition) is 0. The average molecular weight is 175 g/mol. The summed E-state index contributed by atoms with van der Waals surface area (Å²) in [6.07, 6.45) is 0. The fraction of sp³-hybridized carbons (Fsp3) is 0.182. The van der Waals surface area contributed by atoms with E-state index in [0.29, 0.717) is 5.52 Å². The predicted molar refractivity (Wildman–Crippen MR) is 51.2 cm³/mol. The Morgan fingerprint density at radius 3 is 2.69 bits per heavy atom. The number of hydrogen-bond acceptors (Lipinski definition) is 1. The van der Waals surface area contributed by atoms with E-state index in [0.717, 1.165) is 16.6 Å². The van der Waals surface area contributed by atoms with E-state index in [-0.39, 0.29) is 5.82 Å². The van der Waals surface area contributed by atoms with Crippen LogP contribution in [0.1, 0.15) is 11.3 Å². The molecule has 0 spiro atoms. The Bertz CT molecular complexity index is 463. The fourth-order valence-corrected chi connectivity index (χ4v) is 1.43. The van der Waals surface area contributed by atoms with E-state index < -0.39 is 0 Å². The number of fused-ring (bicyclic) bond motifs is 1. The van der Waals surface area contributed by atoms with Gasteiger partial charge in [0.2, 0.25) is 0 Å². The first-order chi connectivity index (χ1) is 6.16. The van der Waals surface area contributed by atoms with Crippen molar-refractivity contribution in [2.24, 2.45) is 0 Å². The van der Waals surface area contributed by atoms with Crippen molar-refractivity contribution in [3.8, 4) is 0 Å². The van der Waals surface area contributed by atoms with Crippen molar-refractivity contribution in [1.29, 1.82) is 0 Å². The van der Waals surface area contributed by atoms with Gasteiger partial charge in [-0.3, -0.25) is 4.98 Å². The Labute approximate surface area is 76.2 Å².